The van der Waals surface area contributed by atoms with Crippen molar-refractivity contribution in [2.75, 3.05) is 31.2 Å². The molecule has 0 spiro atoms. The number of hydrogen-bond acceptors (Lipinski definition) is 6. The van der Waals surface area contributed by atoms with Crippen LogP contribution in [0.25, 0.3) is 33.4 Å². The standard InChI is InChI=1S/C20H17ClN6O/c21-18-10-14(3-4-22-18)13-1-2-16-15(9-13)20(26-25-16)17-11-19(24-12-23-17)27-5-7-28-8-6-27/h1-4,9-12H,5-8H2,(H,25,26). The minimum absolute atomic E-state index is 0.468. The Hall–Kier alpha value is -3.03. The third-order valence-electron chi connectivity index (χ3n) is 4.85. The molecule has 0 radical (unpaired) electrons. The Labute approximate surface area is 166 Å². The SMILES string of the molecule is Clc1cc(-c2ccc3[nH]nc(-c4cc(N5CCOCC5)ncn4)c3c2)ccn1. The van der Waals surface area contributed by atoms with E-state index < -0.39 is 0 Å². The largest absolute Gasteiger partial charge is 0.378 e. The van der Waals surface area contributed by atoms with Gasteiger partial charge in [0.15, 0.2) is 0 Å². The molecule has 0 amide bonds. The molecule has 1 aliphatic heterocycles. The maximum Gasteiger partial charge on any atom is 0.132 e. The Morgan fingerprint density at radius 2 is 1.82 bits per heavy atom. The molecule has 1 saturated heterocycles. The predicted molar refractivity (Wildman–Crippen MR) is 108 cm³/mol. The smallest absolute Gasteiger partial charge is 0.132 e. The van der Waals surface area contributed by atoms with Gasteiger partial charge >= 0.3 is 0 Å². The van der Waals surface area contributed by atoms with Gasteiger partial charge in [-0.2, -0.15) is 5.10 Å². The van der Waals surface area contributed by atoms with Crippen molar-refractivity contribution in [3.8, 4) is 22.5 Å². The lowest BCUT2D eigenvalue weighted by atomic mass is 10.0. The van der Waals surface area contributed by atoms with E-state index in [1.807, 2.05) is 30.3 Å². The number of benzene rings is 1. The van der Waals surface area contributed by atoms with Crippen LogP contribution >= 0.6 is 11.6 Å². The van der Waals surface area contributed by atoms with Crippen molar-refractivity contribution in [2.24, 2.45) is 0 Å². The number of rotatable bonds is 3. The van der Waals surface area contributed by atoms with Gasteiger partial charge in [0.1, 0.15) is 23.0 Å². The first-order chi connectivity index (χ1) is 13.8. The third-order valence-corrected chi connectivity index (χ3v) is 5.06. The summed E-state index contributed by atoms with van der Waals surface area (Å²) in [5.74, 6) is 0.890. The Morgan fingerprint density at radius 1 is 0.964 bits per heavy atom. The van der Waals surface area contributed by atoms with Crippen molar-refractivity contribution in [2.45, 2.75) is 0 Å². The topological polar surface area (TPSA) is 79.8 Å². The van der Waals surface area contributed by atoms with Crippen LogP contribution in [-0.4, -0.2) is 51.5 Å². The quantitative estimate of drug-likeness (QED) is 0.537. The van der Waals surface area contributed by atoms with E-state index in [0.29, 0.717) is 18.4 Å². The van der Waals surface area contributed by atoms with E-state index in [9.17, 15) is 0 Å². The number of halogens is 1. The van der Waals surface area contributed by atoms with E-state index in [4.69, 9.17) is 16.3 Å². The third kappa shape index (κ3) is 3.19. The van der Waals surface area contributed by atoms with E-state index in [0.717, 1.165) is 52.3 Å². The zero-order valence-corrected chi connectivity index (χ0v) is 15.7. The molecule has 7 nitrogen and oxygen atoms in total. The number of H-pyrrole nitrogens is 1. The highest BCUT2D eigenvalue weighted by atomic mass is 35.5. The molecule has 140 valence electrons. The molecule has 0 unspecified atom stereocenters. The number of morpholine rings is 1. The molecule has 0 saturated carbocycles. The van der Waals surface area contributed by atoms with Gasteiger partial charge in [-0.25, -0.2) is 15.0 Å². The number of aromatic nitrogens is 5. The van der Waals surface area contributed by atoms with Gasteiger partial charge in [-0.3, -0.25) is 5.10 Å². The fourth-order valence-corrected chi connectivity index (χ4v) is 3.59. The summed E-state index contributed by atoms with van der Waals surface area (Å²) in [4.78, 5) is 15.1. The van der Waals surface area contributed by atoms with E-state index in [1.54, 1.807) is 12.5 Å². The highest BCUT2D eigenvalue weighted by Crippen LogP contribution is 2.31. The summed E-state index contributed by atoms with van der Waals surface area (Å²) >= 11 is 6.05. The van der Waals surface area contributed by atoms with Crippen molar-refractivity contribution in [1.29, 1.82) is 0 Å². The molecule has 0 aliphatic carbocycles. The van der Waals surface area contributed by atoms with E-state index in [-0.39, 0.29) is 0 Å². The number of pyridine rings is 1. The summed E-state index contributed by atoms with van der Waals surface area (Å²) in [5, 5.41) is 9.07. The molecule has 0 atom stereocenters. The molecule has 4 aromatic rings. The summed E-state index contributed by atoms with van der Waals surface area (Å²) < 4.78 is 5.43. The van der Waals surface area contributed by atoms with Crippen LogP contribution in [0.15, 0.2) is 48.9 Å². The summed E-state index contributed by atoms with van der Waals surface area (Å²) in [7, 11) is 0. The second-order valence-electron chi connectivity index (χ2n) is 6.56. The molecular weight excluding hydrogens is 376 g/mol. The first-order valence-electron chi connectivity index (χ1n) is 9.03. The highest BCUT2D eigenvalue weighted by Gasteiger charge is 2.16. The van der Waals surface area contributed by atoms with Crippen LogP contribution in [0.1, 0.15) is 0 Å². The van der Waals surface area contributed by atoms with Gasteiger partial charge in [-0.05, 0) is 35.4 Å². The van der Waals surface area contributed by atoms with E-state index in [2.05, 4.69) is 36.1 Å². The summed E-state index contributed by atoms with van der Waals surface area (Å²) in [6, 6.07) is 11.9. The maximum absolute atomic E-state index is 6.05. The Kier molecular flexibility index (Phi) is 4.38. The molecule has 4 heterocycles. The zero-order valence-electron chi connectivity index (χ0n) is 15.0. The van der Waals surface area contributed by atoms with Crippen LogP contribution in [0.5, 0.6) is 0 Å². The van der Waals surface area contributed by atoms with Crippen molar-refractivity contribution in [1.82, 2.24) is 25.1 Å². The van der Waals surface area contributed by atoms with Crippen molar-refractivity contribution < 1.29 is 4.74 Å². The molecule has 8 heteroatoms. The van der Waals surface area contributed by atoms with Gasteiger partial charge in [0.25, 0.3) is 0 Å². The molecule has 1 aromatic carbocycles. The second-order valence-corrected chi connectivity index (χ2v) is 6.95. The molecule has 3 aromatic heterocycles. The summed E-state index contributed by atoms with van der Waals surface area (Å²) in [6.45, 7) is 3.07. The minimum Gasteiger partial charge on any atom is -0.378 e. The Balaban J connectivity index is 1.57. The molecule has 1 N–H and O–H groups in total. The van der Waals surface area contributed by atoms with Crippen molar-refractivity contribution in [3.63, 3.8) is 0 Å². The fourth-order valence-electron chi connectivity index (χ4n) is 3.41. The number of ether oxygens (including phenoxy) is 1. The van der Waals surface area contributed by atoms with E-state index in [1.165, 1.54) is 0 Å². The minimum atomic E-state index is 0.468. The average molecular weight is 393 g/mol. The first kappa shape index (κ1) is 17.1. The summed E-state index contributed by atoms with van der Waals surface area (Å²) in [5.41, 5.74) is 4.58. The first-order valence-corrected chi connectivity index (χ1v) is 9.41. The second kappa shape index (κ2) is 7.18. The predicted octanol–water partition coefficient (Wildman–Crippen LogP) is 3.57. The van der Waals surface area contributed by atoms with Crippen LogP contribution in [0.3, 0.4) is 0 Å². The van der Waals surface area contributed by atoms with Gasteiger partial charge < -0.3 is 9.64 Å². The fraction of sp³-hybridized carbons (Fsp3) is 0.200. The number of hydrogen-bond donors (Lipinski definition) is 1. The van der Waals surface area contributed by atoms with Gasteiger partial charge in [0.05, 0.1) is 24.4 Å². The highest BCUT2D eigenvalue weighted by molar-refractivity contribution is 6.29. The average Bonchev–Trinajstić information content (AvgIpc) is 3.18. The molecule has 0 bridgehead atoms. The van der Waals surface area contributed by atoms with Gasteiger partial charge in [0, 0.05) is 30.7 Å². The monoisotopic (exact) mass is 392 g/mol. The molecule has 28 heavy (non-hydrogen) atoms. The lowest BCUT2D eigenvalue weighted by Crippen LogP contribution is -2.36. The van der Waals surface area contributed by atoms with Crippen LogP contribution in [0.2, 0.25) is 5.15 Å². The molecule has 1 fully saturated rings. The lowest BCUT2D eigenvalue weighted by Gasteiger charge is -2.27. The molecular formula is C20H17ClN6O. The van der Waals surface area contributed by atoms with Crippen LogP contribution in [-0.2, 0) is 4.74 Å². The zero-order chi connectivity index (χ0) is 18.9. The van der Waals surface area contributed by atoms with Crippen molar-refractivity contribution >= 4 is 28.3 Å². The van der Waals surface area contributed by atoms with Crippen molar-refractivity contribution in [3.05, 3.63) is 54.1 Å². The van der Waals surface area contributed by atoms with Crippen LogP contribution < -0.4 is 4.90 Å². The number of nitrogens with zero attached hydrogens (tertiary/aromatic N) is 5. The maximum atomic E-state index is 6.05. The number of fused-ring (bicyclic) bond motifs is 1. The molecule has 5 rings (SSSR count). The van der Waals surface area contributed by atoms with Gasteiger partial charge in [-0.1, -0.05) is 17.7 Å². The Morgan fingerprint density at radius 3 is 2.68 bits per heavy atom. The number of nitrogens with one attached hydrogen (secondary N) is 1. The van der Waals surface area contributed by atoms with Gasteiger partial charge in [0.2, 0.25) is 0 Å². The molecule has 1 aliphatic rings. The normalized spacial score (nSPS) is 14.5. The van der Waals surface area contributed by atoms with Crippen LogP contribution in [0, 0.1) is 0 Å². The summed E-state index contributed by atoms with van der Waals surface area (Å²) in [6.07, 6.45) is 3.30. The van der Waals surface area contributed by atoms with Crippen LogP contribution in [0.4, 0.5) is 5.82 Å². The number of anilines is 1. The van der Waals surface area contributed by atoms with E-state index >= 15 is 0 Å². The van der Waals surface area contributed by atoms with Gasteiger partial charge in [-0.15, -0.1) is 0 Å². The Bertz CT molecular complexity index is 1140. The lowest BCUT2D eigenvalue weighted by molar-refractivity contribution is 0.122. The number of aromatic amines is 1.